The summed E-state index contributed by atoms with van der Waals surface area (Å²) >= 11 is 0. The van der Waals surface area contributed by atoms with Crippen LogP contribution in [0.1, 0.15) is 23.7 Å². The van der Waals surface area contributed by atoms with E-state index in [9.17, 15) is 9.18 Å². The van der Waals surface area contributed by atoms with Crippen LogP contribution >= 0.6 is 0 Å². The molecule has 33 heavy (non-hydrogen) atoms. The molecule has 0 bridgehead atoms. The average Bonchev–Trinajstić information content (AvgIpc) is 3.50. The van der Waals surface area contributed by atoms with Gasteiger partial charge in [0.2, 0.25) is 0 Å². The molecule has 0 aliphatic carbocycles. The van der Waals surface area contributed by atoms with Gasteiger partial charge in [-0.1, -0.05) is 6.07 Å². The maximum Gasteiger partial charge on any atom is 0.260 e. The number of halogens is 1. The van der Waals surface area contributed by atoms with Gasteiger partial charge in [-0.15, -0.1) is 0 Å². The van der Waals surface area contributed by atoms with Gasteiger partial charge in [-0.3, -0.25) is 14.9 Å². The number of ether oxygens (including phenoxy) is 1. The second-order valence-corrected chi connectivity index (χ2v) is 7.95. The first kappa shape index (κ1) is 20.9. The fourth-order valence-corrected chi connectivity index (χ4v) is 3.95. The molecule has 1 amide bonds. The van der Waals surface area contributed by atoms with E-state index in [1.165, 1.54) is 24.3 Å². The van der Waals surface area contributed by atoms with Gasteiger partial charge in [0.25, 0.3) is 5.91 Å². The molecule has 1 saturated heterocycles. The third-order valence-corrected chi connectivity index (χ3v) is 5.74. The lowest BCUT2D eigenvalue weighted by Gasteiger charge is -2.17. The van der Waals surface area contributed by atoms with Gasteiger partial charge in [0.1, 0.15) is 11.6 Å². The summed E-state index contributed by atoms with van der Waals surface area (Å²) in [6, 6.07) is 15.4. The predicted octanol–water partition coefficient (Wildman–Crippen LogP) is 3.50. The van der Waals surface area contributed by atoms with Crippen LogP contribution in [0.4, 0.5) is 10.2 Å². The SMILES string of the molecule is O=C(COc1ccc(F)cc1)N1CCC(c2ccc3c(NCc4ccccn4)n[nH]c3n2)C1. The lowest BCUT2D eigenvalue weighted by molar-refractivity contribution is -0.132. The number of pyridine rings is 2. The largest absolute Gasteiger partial charge is 0.484 e. The zero-order chi connectivity index (χ0) is 22.6. The second kappa shape index (κ2) is 9.23. The number of aromatic amines is 1. The number of amides is 1. The number of aromatic nitrogens is 4. The molecule has 8 nitrogen and oxygen atoms in total. The van der Waals surface area contributed by atoms with E-state index in [4.69, 9.17) is 9.72 Å². The number of anilines is 1. The van der Waals surface area contributed by atoms with E-state index in [-0.39, 0.29) is 24.2 Å². The van der Waals surface area contributed by atoms with E-state index in [0.717, 1.165) is 29.0 Å². The van der Waals surface area contributed by atoms with Crippen molar-refractivity contribution in [3.63, 3.8) is 0 Å². The summed E-state index contributed by atoms with van der Waals surface area (Å²) in [5.74, 6) is 0.923. The lowest BCUT2D eigenvalue weighted by Crippen LogP contribution is -2.32. The first-order chi connectivity index (χ1) is 16.2. The predicted molar refractivity (Wildman–Crippen MR) is 121 cm³/mol. The van der Waals surface area contributed by atoms with Crippen molar-refractivity contribution in [1.29, 1.82) is 0 Å². The molecule has 1 aromatic carbocycles. The van der Waals surface area contributed by atoms with E-state index in [1.807, 2.05) is 30.3 Å². The summed E-state index contributed by atoms with van der Waals surface area (Å²) < 4.78 is 18.5. The van der Waals surface area contributed by atoms with Gasteiger partial charge in [0, 0.05) is 30.9 Å². The quantitative estimate of drug-likeness (QED) is 0.451. The molecule has 168 valence electrons. The standard InChI is InChI=1S/C24H23FN6O2/c25-17-4-6-19(7-5-17)33-15-22(32)31-12-10-16(14-31)21-9-8-20-23(29-30-24(20)28-21)27-13-18-3-1-2-11-26-18/h1-9,11,16H,10,12-15H2,(H2,27,28,29,30). The van der Waals surface area contributed by atoms with Crippen molar-refractivity contribution in [3.05, 3.63) is 78.0 Å². The molecule has 4 aromatic rings. The lowest BCUT2D eigenvalue weighted by atomic mass is 10.0. The van der Waals surface area contributed by atoms with Crippen LogP contribution in [0.15, 0.2) is 60.8 Å². The van der Waals surface area contributed by atoms with Crippen molar-refractivity contribution in [1.82, 2.24) is 25.1 Å². The Hall–Kier alpha value is -4.01. The minimum Gasteiger partial charge on any atom is -0.484 e. The summed E-state index contributed by atoms with van der Waals surface area (Å²) in [6.45, 7) is 1.73. The number of benzene rings is 1. The minimum atomic E-state index is -0.339. The first-order valence-electron chi connectivity index (χ1n) is 10.8. The number of hydrogen-bond donors (Lipinski definition) is 2. The Balaban J connectivity index is 1.19. The van der Waals surface area contributed by atoms with Crippen LogP contribution in [-0.2, 0) is 11.3 Å². The number of nitrogens with zero attached hydrogens (tertiary/aromatic N) is 4. The van der Waals surface area contributed by atoms with Crippen molar-refractivity contribution in [2.24, 2.45) is 0 Å². The molecule has 1 aliphatic rings. The molecule has 1 fully saturated rings. The summed E-state index contributed by atoms with van der Waals surface area (Å²) in [5.41, 5.74) is 2.56. The van der Waals surface area contributed by atoms with Crippen LogP contribution in [-0.4, -0.2) is 50.7 Å². The van der Waals surface area contributed by atoms with Gasteiger partial charge in [0.15, 0.2) is 18.1 Å². The van der Waals surface area contributed by atoms with E-state index in [2.05, 4.69) is 20.5 Å². The van der Waals surface area contributed by atoms with Gasteiger partial charge < -0.3 is 15.0 Å². The van der Waals surface area contributed by atoms with Gasteiger partial charge in [-0.25, -0.2) is 9.37 Å². The van der Waals surface area contributed by atoms with Gasteiger partial charge in [0.05, 0.1) is 17.6 Å². The highest BCUT2D eigenvalue weighted by molar-refractivity contribution is 5.87. The highest BCUT2D eigenvalue weighted by atomic mass is 19.1. The Morgan fingerprint density at radius 1 is 1.18 bits per heavy atom. The van der Waals surface area contributed by atoms with Crippen LogP contribution in [0.2, 0.25) is 0 Å². The van der Waals surface area contributed by atoms with E-state index in [0.29, 0.717) is 31.0 Å². The second-order valence-electron chi connectivity index (χ2n) is 7.95. The number of likely N-dealkylation sites (tertiary alicyclic amines) is 1. The van der Waals surface area contributed by atoms with Crippen molar-refractivity contribution in [3.8, 4) is 5.75 Å². The van der Waals surface area contributed by atoms with Crippen LogP contribution in [0.5, 0.6) is 5.75 Å². The van der Waals surface area contributed by atoms with Gasteiger partial charge in [-0.2, -0.15) is 5.10 Å². The van der Waals surface area contributed by atoms with Gasteiger partial charge >= 0.3 is 0 Å². The molecule has 5 rings (SSSR count). The number of rotatable bonds is 7. The molecular formula is C24H23FN6O2. The molecule has 9 heteroatoms. The molecule has 2 N–H and O–H groups in total. The first-order valence-corrected chi connectivity index (χ1v) is 10.8. The fraction of sp³-hybridized carbons (Fsp3) is 0.250. The van der Waals surface area contributed by atoms with Gasteiger partial charge in [-0.05, 0) is 55.0 Å². The maximum atomic E-state index is 13.0. The van der Waals surface area contributed by atoms with E-state index < -0.39 is 0 Å². The monoisotopic (exact) mass is 446 g/mol. The molecule has 0 saturated carbocycles. The third-order valence-electron chi connectivity index (χ3n) is 5.74. The van der Waals surface area contributed by atoms with Crippen LogP contribution in [0, 0.1) is 5.82 Å². The summed E-state index contributed by atoms with van der Waals surface area (Å²) in [4.78, 5) is 23.4. The summed E-state index contributed by atoms with van der Waals surface area (Å²) in [7, 11) is 0. The van der Waals surface area contributed by atoms with Crippen LogP contribution < -0.4 is 10.1 Å². The zero-order valence-corrected chi connectivity index (χ0v) is 17.9. The highest BCUT2D eigenvalue weighted by Gasteiger charge is 2.28. The Labute approximate surface area is 189 Å². The molecule has 4 heterocycles. The smallest absolute Gasteiger partial charge is 0.260 e. The number of hydrogen-bond acceptors (Lipinski definition) is 6. The van der Waals surface area contributed by atoms with Crippen molar-refractivity contribution >= 4 is 22.8 Å². The minimum absolute atomic E-state index is 0.0728. The van der Waals surface area contributed by atoms with Crippen molar-refractivity contribution in [2.45, 2.75) is 18.9 Å². The number of carbonyl (C=O) groups excluding carboxylic acids is 1. The van der Waals surface area contributed by atoms with E-state index in [1.54, 1.807) is 11.1 Å². The number of H-pyrrole nitrogens is 1. The molecule has 1 aliphatic heterocycles. The third kappa shape index (κ3) is 4.77. The Kier molecular flexibility index (Phi) is 5.84. The molecule has 0 spiro atoms. The molecule has 1 atom stereocenters. The average molecular weight is 446 g/mol. The normalized spacial score (nSPS) is 15.7. The molecular weight excluding hydrogens is 423 g/mol. The topological polar surface area (TPSA) is 96.0 Å². The summed E-state index contributed by atoms with van der Waals surface area (Å²) in [5, 5.41) is 11.5. The summed E-state index contributed by atoms with van der Waals surface area (Å²) in [6.07, 6.45) is 2.60. The number of fused-ring (bicyclic) bond motifs is 1. The molecule has 1 unspecified atom stereocenters. The Morgan fingerprint density at radius 2 is 2.06 bits per heavy atom. The van der Waals surface area contributed by atoms with E-state index >= 15 is 0 Å². The molecule has 3 aromatic heterocycles. The maximum absolute atomic E-state index is 13.0. The fourth-order valence-electron chi connectivity index (χ4n) is 3.95. The van der Waals surface area contributed by atoms with Crippen LogP contribution in [0.3, 0.4) is 0 Å². The number of carbonyl (C=O) groups is 1. The highest BCUT2D eigenvalue weighted by Crippen LogP contribution is 2.29. The Bertz CT molecular complexity index is 1250. The number of nitrogens with one attached hydrogen (secondary N) is 2. The zero-order valence-electron chi connectivity index (χ0n) is 17.9. The molecule has 0 radical (unpaired) electrons. The van der Waals surface area contributed by atoms with Crippen molar-refractivity contribution in [2.75, 3.05) is 25.0 Å². The van der Waals surface area contributed by atoms with Crippen LogP contribution in [0.25, 0.3) is 11.0 Å². The van der Waals surface area contributed by atoms with Crippen molar-refractivity contribution < 1.29 is 13.9 Å². The Morgan fingerprint density at radius 3 is 2.88 bits per heavy atom.